The number of unbranched alkanes of at least 4 members (excludes halogenated alkanes) is 1. The fourth-order valence-electron chi connectivity index (χ4n) is 1.19. The van der Waals surface area contributed by atoms with Crippen LogP contribution in [-0.2, 0) is 14.3 Å². The van der Waals surface area contributed by atoms with Crippen molar-refractivity contribution in [2.45, 2.75) is 40.0 Å². The van der Waals surface area contributed by atoms with Crippen LogP contribution in [0.15, 0.2) is 11.3 Å². The highest BCUT2D eigenvalue weighted by Gasteiger charge is 2.12. The van der Waals surface area contributed by atoms with Crippen LogP contribution in [0.1, 0.15) is 40.0 Å². The molecule has 0 saturated carbocycles. The molecule has 0 aliphatic carbocycles. The molecule has 0 atom stereocenters. The summed E-state index contributed by atoms with van der Waals surface area (Å²) in [7, 11) is 0. The number of carbonyl (C=O) groups excluding carboxylic acids is 2. The number of carbonyl (C=O) groups is 2. The molecular formula is C11H19NO3. The molecule has 0 fully saturated rings. The van der Waals surface area contributed by atoms with Crippen LogP contribution < -0.4 is 5.32 Å². The zero-order valence-electron chi connectivity index (χ0n) is 9.63. The summed E-state index contributed by atoms with van der Waals surface area (Å²) in [6.45, 7) is 5.95. The molecule has 0 radical (unpaired) electrons. The van der Waals surface area contributed by atoms with Gasteiger partial charge in [0.1, 0.15) is 5.70 Å². The average molecular weight is 213 g/mol. The molecule has 0 aromatic heterocycles. The number of esters is 1. The van der Waals surface area contributed by atoms with Gasteiger partial charge in [0.25, 0.3) is 0 Å². The van der Waals surface area contributed by atoms with E-state index >= 15 is 0 Å². The summed E-state index contributed by atoms with van der Waals surface area (Å²) in [5.74, 6) is -0.460. The molecule has 1 N–H and O–H groups in total. The van der Waals surface area contributed by atoms with Crippen molar-refractivity contribution in [1.29, 1.82) is 0 Å². The Morgan fingerprint density at radius 1 is 1.40 bits per heavy atom. The average Bonchev–Trinajstić information content (AvgIpc) is 2.22. The predicted octanol–water partition coefficient (Wildman–Crippen LogP) is 1.76. The number of amides is 1. The second-order valence-electron chi connectivity index (χ2n) is 3.24. The van der Waals surface area contributed by atoms with Crippen LogP contribution in [0.25, 0.3) is 0 Å². The number of nitrogens with one attached hydrogen (secondary N) is 1. The number of ether oxygens (including phenoxy) is 1. The highest BCUT2D eigenvalue weighted by molar-refractivity contribution is 5.90. The normalized spacial score (nSPS) is 11.7. The van der Waals surface area contributed by atoms with Crippen molar-refractivity contribution in [2.75, 3.05) is 6.61 Å². The highest BCUT2D eigenvalue weighted by Crippen LogP contribution is 2.11. The summed E-state index contributed by atoms with van der Waals surface area (Å²) in [5.41, 5.74) is 1.14. The van der Waals surface area contributed by atoms with Crippen LogP contribution >= 0.6 is 0 Å². The third-order valence-electron chi connectivity index (χ3n) is 2.01. The molecule has 0 unspecified atom stereocenters. The van der Waals surface area contributed by atoms with Crippen molar-refractivity contribution >= 4 is 12.4 Å². The van der Waals surface area contributed by atoms with Crippen LogP contribution in [-0.4, -0.2) is 19.0 Å². The van der Waals surface area contributed by atoms with E-state index in [0.717, 1.165) is 24.8 Å². The smallest absolute Gasteiger partial charge is 0.354 e. The summed E-state index contributed by atoms with van der Waals surface area (Å²) in [6, 6.07) is 0. The highest BCUT2D eigenvalue weighted by atomic mass is 16.5. The first-order valence-electron chi connectivity index (χ1n) is 5.24. The Morgan fingerprint density at radius 3 is 2.53 bits per heavy atom. The molecule has 0 heterocycles. The van der Waals surface area contributed by atoms with Crippen molar-refractivity contribution in [3.8, 4) is 0 Å². The van der Waals surface area contributed by atoms with Crippen molar-refractivity contribution in [3.05, 3.63) is 11.3 Å². The van der Waals surface area contributed by atoms with Gasteiger partial charge in [0.15, 0.2) is 0 Å². The standard InChI is InChI=1S/C11H19NO3/c1-4-6-7-9(3)10(12-8-13)11(14)15-5-2/h8H,4-7H2,1-3H3,(H,12,13)/b10-9-. The Bertz CT molecular complexity index is 246. The molecular weight excluding hydrogens is 194 g/mol. The molecule has 4 heteroatoms. The lowest BCUT2D eigenvalue weighted by Crippen LogP contribution is -2.22. The van der Waals surface area contributed by atoms with Crippen molar-refractivity contribution in [2.24, 2.45) is 0 Å². The summed E-state index contributed by atoms with van der Waals surface area (Å²) >= 11 is 0. The van der Waals surface area contributed by atoms with E-state index in [1.165, 1.54) is 0 Å². The molecule has 86 valence electrons. The Kier molecular flexibility index (Phi) is 7.32. The van der Waals surface area contributed by atoms with E-state index in [4.69, 9.17) is 4.74 Å². The first-order chi connectivity index (χ1) is 7.17. The van der Waals surface area contributed by atoms with E-state index in [1.807, 2.05) is 6.92 Å². The first-order valence-corrected chi connectivity index (χ1v) is 5.24. The Balaban J connectivity index is 4.58. The Morgan fingerprint density at radius 2 is 2.07 bits per heavy atom. The molecule has 0 bridgehead atoms. The van der Waals surface area contributed by atoms with Gasteiger partial charge in [-0.25, -0.2) is 4.79 Å². The minimum Gasteiger partial charge on any atom is -0.461 e. The maximum absolute atomic E-state index is 11.4. The molecule has 4 nitrogen and oxygen atoms in total. The number of allylic oxidation sites excluding steroid dienone is 1. The second kappa shape index (κ2) is 8.03. The van der Waals surface area contributed by atoms with E-state index in [-0.39, 0.29) is 5.70 Å². The van der Waals surface area contributed by atoms with Gasteiger partial charge >= 0.3 is 5.97 Å². The van der Waals surface area contributed by atoms with Crippen LogP contribution in [0.5, 0.6) is 0 Å². The van der Waals surface area contributed by atoms with Gasteiger partial charge in [0.2, 0.25) is 6.41 Å². The van der Waals surface area contributed by atoms with Gasteiger partial charge in [-0.05, 0) is 32.3 Å². The molecule has 1 amide bonds. The SMILES string of the molecule is CCCC/C(C)=C(\NC=O)C(=O)OCC. The Labute approximate surface area is 90.7 Å². The summed E-state index contributed by atoms with van der Waals surface area (Å²) in [6.07, 6.45) is 3.34. The van der Waals surface area contributed by atoms with Gasteiger partial charge in [-0.2, -0.15) is 0 Å². The van der Waals surface area contributed by atoms with Gasteiger partial charge in [-0.15, -0.1) is 0 Å². The molecule has 0 spiro atoms. The number of hydrogen-bond donors (Lipinski definition) is 1. The van der Waals surface area contributed by atoms with E-state index in [9.17, 15) is 9.59 Å². The van der Waals surface area contributed by atoms with E-state index < -0.39 is 5.97 Å². The van der Waals surface area contributed by atoms with Gasteiger partial charge < -0.3 is 10.1 Å². The maximum atomic E-state index is 11.4. The molecule has 0 aliphatic heterocycles. The quantitative estimate of drug-likeness (QED) is 0.398. The summed E-state index contributed by atoms with van der Waals surface area (Å²) in [5, 5.41) is 2.40. The van der Waals surface area contributed by atoms with Crippen LogP contribution in [0.4, 0.5) is 0 Å². The Hall–Kier alpha value is -1.32. The lowest BCUT2D eigenvalue weighted by atomic mass is 10.1. The zero-order chi connectivity index (χ0) is 11.7. The summed E-state index contributed by atoms with van der Waals surface area (Å²) in [4.78, 5) is 21.8. The molecule has 0 aromatic rings. The van der Waals surface area contributed by atoms with Gasteiger partial charge in [0.05, 0.1) is 6.61 Å². The minimum atomic E-state index is -0.460. The summed E-state index contributed by atoms with van der Waals surface area (Å²) < 4.78 is 4.84. The lowest BCUT2D eigenvalue weighted by molar-refractivity contribution is -0.139. The monoisotopic (exact) mass is 213 g/mol. The number of rotatable bonds is 7. The van der Waals surface area contributed by atoms with Crippen LogP contribution in [0.3, 0.4) is 0 Å². The number of hydrogen-bond acceptors (Lipinski definition) is 3. The van der Waals surface area contributed by atoms with Crippen molar-refractivity contribution in [3.63, 3.8) is 0 Å². The zero-order valence-corrected chi connectivity index (χ0v) is 9.63. The maximum Gasteiger partial charge on any atom is 0.354 e. The fourth-order valence-corrected chi connectivity index (χ4v) is 1.19. The minimum absolute atomic E-state index is 0.278. The van der Waals surface area contributed by atoms with Crippen molar-refractivity contribution < 1.29 is 14.3 Å². The molecule has 0 aromatic carbocycles. The third kappa shape index (κ3) is 5.20. The van der Waals surface area contributed by atoms with Crippen LogP contribution in [0, 0.1) is 0 Å². The lowest BCUT2D eigenvalue weighted by Gasteiger charge is -2.09. The van der Waals surface area contributed by atoms with Gasteiger partial charge in [-0.3, -0.25) is 4.79 Å². The van der Waals surface area contributed by atoms with Gasteiger partial charge in [0, 0.05) is 0 Å². The largest absolute Gasteiger partial charge is 0.461 e. The predicted molar refractivity (Wildman–Crippen MR) is 58.1 cm³/mol. The van der Waals surface area contributed by atoms with Crippen LogP contribution in [0.2, 0.25) is 0 Å². The van der Waals surface area contributed by atoms with E-state index in [0.29, 0.717) is 13.0 Å². The van der Waals surface area contributed by atoms with E-state index in [2.05, 4.69) is 12.2 Å². The third-order valence-corrected chi connectivity index (χ3v) is 2.01. The van der Waals surface area contributed by atoms with Gasteiger partial charge in [-0.1, -0.05) is 13.3 Å². The van der Waals surface area contributed by atoms with E-state index in [1.54, 1.807) is 6.92 Å². The molecule has 0 rings (SSSR count). The van der Waals surface area contributed by atoms with Crippen molar-refractivity contribution in [1.82, 2.24) is 5.32 Å². The second-order valence-corrected chi connectivity index (χ2v) is 3.24. The first kappa shape index (κ1) is 13.7. The molecule has 0 aliphatic rings. The molecule has 0 saturated heterocycles. The fraction of sp³-hybridized carbons (Fsp3) is 0.636. The molecule has 15 heavy (non-hydrogen) atoms. The topological polar surface area (TPSA) is 55.4 Å².